The normalized spacial score (nSPS) is 11.7. The number of nitrogens with zero attached hydrogens (tertiary/aromatic N) is 2. The summed E-state index contributed by atoms with van der Waals surface area (Å²) >= 11 is 1.42. The van der Waals surface area contributed by atoms with Crippen LogP contribution in [0.25, 0.3) is 20.3 Å². The van der Waals surface area contributed by atoms with Gasteiger partial charge in [-0.25, -0.2) is 13.2 Å². The number of fused-ring (bicyclic) bond motifs is 3. The van der Waals surface area contributed by atoms with E-state index in [1.165, 1.54) is 21.8 Å². The highest BCUT2D eigenvalue weighted by molar-refractivity contribution is 7.92. The molecular formula is C23H22N2O4S2. The van der Waals surface area contributed by atoms with Gasteiger partial charge in [-0.2, -0.15) is 0 Å². The fourth-order valence-corrected chi connectivity index (χ4v) is 6.30. The fraction of sp³-hybridized carbons (Fsp3) is 0.217. The molecule has 0 N–H and O–H groups in total. The predicted molar refractivity (Wildman–Crippen MR) is 124 cm³/mol. The first-order valence-corrected chi connectivity index (χ1v) is 12.2. The molecule has 0 aliphatic heterocycles. The van der Waals surface area contributed by atoms with Crippen LogP contribution in [0.5, 0.6) is 0 Å². The van der Waals surface area contributed by atoms with Crippen LogP contribution in [0.3, 0.4) is 0 Å². The van der Waals surface area contributed by atoms with Crippen molar-refractivity contribution in [2.75, 3.05) is 17.5 Å². The smallest absolute Gasteiger partial charge is 0.341 e. The molecular weight excluding hydrogens is 432 g/mol. The third kappa shape index (κ3) is 3.66. The van der Waals surface area contributed by atoms with E-state index in [0.717, 1.165) is 15.6 Å². The summed E-state index contributed by atoms with van der Waals surface area (Å²) in [6.45, 7) is 5.69. The van der Waals surface area contributed by atoms with E-state index < -0.39 is 16.0 Å². The van der Waals surface area contributed by atoms with Gasteiger partial charge in [-0.1, -0.05) is 35.9 Å². The Labute approximate surface area is 185 Å². The quantitative estimate of drug-likeness (QED) is 0.377. The van der Waals surface area contributed by atoms with Crippen molar-refractivity contribution >= 4 is 53.3 Å². The number of carbonyl (C=O) groups excluding carboxylic acids is 1. The Bertz CT molecular complexity index is 1380. The summed E-state index contributed by atoms with van der Waals surface area (Å²) in [5.74, 6) is -0.595. The van der Waals surface area contributed by atoms with E-state index in [1.807, 2.05) is 31.2 Å². The van der Waals surface area contributed by atoms with Gasteiger partial charge in [0, 0.05) is 22.8 Å². The maximum Gasteiger partial charge on any atom is 0.341 e. The highest BCUT2D eigenvalue weighted by atomic mass is 32.2. The molecule has 0 fully saturated rings. The molecule has 0 aliphatic rings. The van der Waals surface area contributed by atoms with Crippen LogP contribution < -0.4 is 4.31 Å². The minimum Gasteiger partial charge on any atom is -0.462 e. The number of carbonyl (C=O) groups is 1. The lowest BCUT2D eigenvalue weighted by Crippen LogP contribution is -2.32. The van der Waals surface area contributed by atoms with E-state index in [-0.39, 0.29) is 23.6 Å². The first kappa shape index (κ1) is 21.3. The molecule has 2 heterocycles. The molecule has 2 aromatic heterocycles. The summed E-state index contributed by atoms with van der Waals surface area (Å²) in [5.41, 5.74) is 2.08. The zero-order chi connectivity index (χ0) is 22.2. The molecule has 0 radical (unpaired) electrons. The lowest BCUT2D eigenvalue weighted by molar-refractivity contribution is 0.0527. The number of rotatable bonds is 6. The average Bonchev–Trinajstić information content (AvgIpc) is 3.13. The van der Waals surface area contributed by atoms with Gasteiger partial charge in [-0.05, 0) is 39.0 Å². The second kappa shape index (κ2) is 8.28. The van der Waals surface area contributed by atoms with Gasteiger partial charge in [0.25, 0.3) is 10.0 Å². The zero-order valence-corrected chi connectivity index (χ0v) is 19.1. The Morgan fingerprint density at radius 1 is 1.10 bits per heavy atom. The Balaban J connectivity index is 2.03. The van der Waals surface area contributed by atoms with E-state index in [1.54, 1.807) is 38.1 Å². The van der Waals surface area contributed by atoms with Gasteiger partial charge in [-0.15, -0.1) is 11.3 Å². The van der Waals surface area contributed by atoms with Crippen LogP contribution in [0.1, 0.15) is 29.8 Å². The second-order valence-corrected chi connectivity index (χ2v) is 9.91. The molecule has 0 atom stereocenters. The van der Waals surface area contributed by atoms with Crippen LogP contribution in [0.15, 0.2) is 59.6 Å². The molecule has 0 saturated heterocycles. The van der Waals surface area contributed by atoms with Gasteiger partial charge in [0.05, 0.1) is 27.4 Å². The molecule has 160 valence electrons. The zero-order valence-electron chi connectivity index (χ0n) is 17.5. The van der Waals surface area contributed by atoms with Gasteiger partial charge in [0.2, 0.25) is 0 Å². The van der Waals surface area contributed by atoms with Crippen LogP contribution in [0, 0.1) is 6.92 Å². The van der Waals surface area contributed by atoms with Crippen LogP contribution in [-0.4, -0.2) is 32.5 Å². The van der Waals surface area contributed by atoms with Crippen molar-refractivity contribution in [3.63, 3.8) is 0 Å². The summed E-state index contributed by atoms with van der Waals surface area (Å²) in [7, 11) is -3.92. The number of aromatic nitrogens is 1. The standard InChI is InChI=1S/C23H22N2O4S2/c1-4-25(31(27,28)16-12-10-15(3)11-13-16)21-18(23(26)29-5-2)14-24-20-17-8-6-7-9-19(17)30-22(20)21/h6-14H,4-5H2,1-3H3. The van der Waals surface area contributed by atoms with E-state index >= 15 is 0 Å². The summed E-state index contributed by atoms with van der Waals surface area (Å²) in [6.07, 6.45) is 1.42. The number of benzene rings is 2. The highest BCUT2D eigenvalue weighted by Gasteiger charge is 2.31. The van der Waals surface area contributed by atoms with Gasteiger partial charge in [0.1, 0.15) is 5.56 Å². The number of hydrogen-bond acceptors (Lipinski definition) is 6. The Morgan fingerprint density at radius 3 is 2.48 bits per heavy atom. The topological polar surface area (TPSA) is 76.6 Å². The van der Waals surface area contributed by atoms with Crippen molar-refractivity contribution in [1.29, 1.82) is 0 Å². The van der Waals surface area contributed by atoms with Crippen molar-refractivity contribution in [3.05, 3.63) is 65.9 Å². The summed E-state index contributed by atoms with van der Waals surface area (Å²) < 4.78 is 35.4. The van der Waals surface area contributed by atoms with Crippen LogP contribution in [0.2, 0.25) is 0 Å². The number of pyridine rings is 1. The number of hydrogen-bond donors (Lipinski definition) is 0. The molecule has 0 aliphatic carbocycles. The second-order valence-electron chi connectivity index (χ2n) is 7.00. The van der Waals surface area contributed by atoms with Crippen molar-refractivity contribution in [1.82, 2.24) is 4.98 Å². The Morgan fingerprint density at radius 2 is 1.81 bits per heavy atom. The average molecular weight is 455 g/mol. The van der Waals surface area contributed by atoms with Gasteiger partial charge >= 0.3 is 5.97 Å². The fourth-order valence-electron chi connectivity index (χ4n) is 3.52. The SMILES string of the molecule is CCOC(=O)c1cnc2c(sc3ccccc32)c1N(CC)S(=O)(=O)c1ccc(C)cc1. The molecule has 0 amide bonds. The van der Waals surface area contributed by atoms with Gasteiger partial charge in [0.15, 0.2) is 0 Å². The molecule has 0 bridgehead atoms. The van der Waals surface area contributed by atoms with Crippen molar-refractivity contribution < 1.29 is 17.9 Å². The number of ether oxygens (including phenoxy) is 1. The minimum atomic E-state index is -3.92. The summed E-state index contributed by atoms with van der Waals surface area (Å²) in [6, 6.07) is 14.4. The lowest BCUT2D eigenvalue weighted by Gasteiger charge is -2.25. The number of anilines is 1. The van der Waals surface area contributed by atoms with Crippen molar-refractivity contribution in [3.8, 4) is 0 Å². The van der Waals surface area contributed by atoms with Crippen molar-refractivity contribution in [2.24, 2.45) is 0 Å². The molecule has 4 rings (SSSR count). The summed E-state index contributed by atoms with van der Waals surface area (Å²) in [5, 5.41) is 0.919. The summed E-state index contributed by atoms with van der Waals surface area (Å²) in [4.78, 5) is 17.4. The predicted octanol–water partition coefficient (Wildman–Crippen LogP) is 5.15. The molecule has 0 spiro atoms. The Kier molecular flexibility index (Phi) is 5.68. The number of aryl methyl sites for hydroxylation is 1. The van der Waals surface area contributed by atoms with E-state index in [2.05, 4.69) is 4.98 Å². The van der Waals surface area contributed by atoms with E-state index in [9.17, 15) is 13.2 Å². The molecule has 31 heavy (non-hydrogen) atoms. The van der Waals surface area contributed by atoms with E-state index in [0.29, 0.717) is 15.9 Å². The third-order valence-corrected chi connectivity index (χ3v) is 8.06. The first-order valence-electron chi connectivity index (χ1n) is 9.95. The van der Waals surface area contributed by atoms with E-state index in [4.69, 9.17) is 4.74 Å². The molecule has 0 unspecified atom stereocenters. The molecule has 0 saturated carbocycles. The largest absolute Gasteiger partial charge is 0.462 e. The number of sulfonamides is 1. The Hall–Kier alpha value is -2.97. The van der Waals surface area contributed by atoms with Gasteiger partial charge in [-0.3, -0.25) is 9.29 Å². The van der Waals surface area contributed by atoms with Crippen LogP contribution in [-0.2, 0) is 14.8 Å². The van der Waals surface area contributed by atoms with Crippen LogP contribution in [0.4, 0.5) is 5.69 Å². The van der Waals surface area contributed by atoms with Crippen LogP contribution >= 0.6 is 11.3 Å². The maximum atomic E-state index is 13.6. The number of esters is 1. The molecule has 6 nitrogen and oxygen atoms in total. The van der Waals surface area contributed by atoms with Gasteiger partial charge < -0.3 is 4.74 Å². The monoisotopic (exact) mass is 454 g/mol. The highest BCUT2D eigenvalue weighted by Crippen LogP contribution is 2.42. The van der Waals surface area contributed by atoms with Crippen molar-refractivity contribution in [2.45, 2.75) is 25.7 Å². The molecule has 2 aromatic carbocycles. The molecule has 4 aromatic rings. The minimum absolute atomic E-state index is 0.137. The third-order valence-electron chi connectivity index (χ3n) is 5.00. The first-order chi connectivity index (χ1) is 14.9. The molecule has 8 heteroatoms. The number of thiophene rings is 1. The maximum absolute atomic E-state index is 13.6. The lowest BCUT2D eigenvalue weighted by atomic mass is 10.1.